The molecule has 3 unspecified atom stereocenters. The summed E-state index contributed by atoms with van der Waals surface area (Å²) >= 11 is 0. The maximum Gasteiger partial charge on any atom is 0.213 e. The molecule has 2 rings (SSSR count). The summed E-state index contributed by atoms with van der Waals surface area (Å²) in [7, 11) is 0. The van der Waals surface area contributed by atoms with Gasteiger partial charge in [0.2, 0.25) is 5.88 Å². The second kappa shape index (κ2) is 7.63. The van der Waals surface area contributed by atoms with Gasteiger partial charge in [0, 0.05) is 18.3 Å². The van der Waals surface area contributed by atoms with Crippen LogP contribution in [-0.4, -0.2) is 17.6 Å². The van der Waals surface area contributed by atoms with E-state index in [2.05, 4.69) is 43.2 Å². The number of nitrogens with zero attached hydrogens (tertiary/aromatic N) is 1. The van der Waals surface area contributed by atoms with Crippen LogP contribution < -0.4 is 10.1 Å². The van der Waals surface area contributed by atoms with E-state index in [0.29, 0.717) is 18.1 Å². The second-order valence-corrected chi connectivity index (χ2v) is 5.82. The molecule has 112 valence electrons. The predicted octanol–water partition coefficient (Wildman–Crippen LogP) is 4.10. The van der Waals surface area contributed by atoms with Gasteiger partial charge in [-0.25, -0.2) is 4.98 Å². The van der Waals surface area contributed by atoms with Crippen LogP contribution in [0.5, 0.6) is 5.88 Å². The lowest BCUT2D eigenvalue weighted by atomic mass is 9.85. The van der Waals surface area contributed by atoms with E-state index in [1.54, 1.807) is 0 Å². The predicted molar refractivity (Wildman–Crippen MR) is 83.0 cm³/mol. The van der Waals surface area contributed by atoms with Crippen LogP contribution in [0.15, 0.2) is 18.3 Å². The van der Waals surface area contributed by atoms with Crippen LogP contribution in [-0.2, 0) is 0 Å². The Balaban J connectivity index is 2.03. The van der Waals surface area contributed by atoms with Gasteiger partial charge < -0.3 is 10.1 Å². The third-order valence-corrected chi connectivity index (χ3v) is 4.41. The first-order chi connectivity index (χ1) is 9.74. The molecule has 3 atom stereocenters. The summed E-state index contributed by atoms with van der Waals surface area (Å²) in [4.78, 5) is 4.39. The third kappa shape index (κ3) is 3.95. The van der Waals surface area contributed by atoms with Crippen molar-refractivity contribution in [2.24, 2.45) is 5.92 Å². The quantitative estimate of drug-likeness (QED) is 0.849. The lowest BCUT2D eigenvalue weighted by Crippen LogP contribution is -2.30. The summed E-state index contributed by atoms with van der Waals surface area (Å²) in [5, 5.41) is 3.43. The standard InChI is InChI=1S/C17H28N2O/c1-4-14-8-6-7-9-16(14)20-17-12-15(10-11-19-17)13(3)18-5-2/h10-14,16,18H,4-9H2,1-3H3. The Hall–Kier alpha value is -1.09. The average molecular weight is 276 g/mol. The molecular formula is C17H28N2O. The minimum Gasteiger partial charge on any atom is -0.474 e. The molecule has 20 heavy (non-hydrogen) atoms. The largest absolute Gasteiger partial charge is 0.474 e. The molecule has 0 saturated heterocycles. The fourth-order valence-corrected chi connectivity index (χ4v) is 3.13. The molecule has 1 saturated carbocycles. The molecule has 3 nitrogen and oxygen atoms in total. The van der Waals surface area contributed by atoms with E-state index < -0.39 is 0 Å². The summed E-state index contributed by atoms with van der Waals surface area (Å²) in [5.41, 5.74) is 1.25. The fraction of sp³-hybridized carbons (Fsp3) is 0.706. The number of aromatic nitrogens is 1. The van der Waals surface area contributed by atoms with E-state index in [1.165, 1.54) is 37.7 Å². The molecule has 0 radical (unpaired) electrons. The van der Waals surface area contributed by atoms with Crippen molar-refractivity contribution in [3.63, 3.8) is 0 Å². The van der Waals surface area contributed by atoms with Crippen molar-refractivity contribution >= 4 is 0 Å². The number of ether oxygens (including phenoxy) is 1. The normalized spacial score (nSPS) is 24.4. The molecule has 1 aromatic heterocycles. The zero-order chi connectivity index (χ0) is 14.4. The lowest BCUT2D eigenvalue weighted by Gasteiger charge is -2.30. The zero-order valence-corrected chi connectivity index (χ0v) is 13.1. The number of nitrogens with one attached hydrogen (secondary N) is 1. The van der Waals surface area contributed by atoms with Gasteiger partial charge in [-0.2, -0.15) is 0 Å². The molecule has 0 aromatic carbocycles. The topological polar surface area (TPSA) is 34.2 Å². The highest BCUT2D eigenvalue weighted by Crippen LogP contribution is 2.30. The Bertz CT molecular complexity index is 408. The van der Waals surface area contributed by atoms with Gasteiger partial charge in [0.05, 0.1) is 0 Å². The average Bonchev–Trinajstić information content (AvgIpc) is 2.48. The number of rotatable bonds is 6. The zero-order valence-electron chi connectivity index (χ0n) is 13.1. The van der Waals surface area contributed by atoms with Crippen molar-refractivity contribution in [3.05, 3.63) is 23.9 Å². The summed E-state index contributed by atoms with van der Waals surface area (Å²) in [5.74, 6) is 1.48. The molecule has 1 heterocycles. The van der Waals surface area contributed by atoms with Gasteiger partial charge in [-0.1, -0.05) is 20.3 Å². The van der Waals surface area contributed by atoms with Crippen molar-refractivity contribution in [2.75, 3.05) is 6.54 Å². The van der Waals surface area contributed by atoms with Crippen LogP contribution in [0, 0.1) is 5.92 Å². The van der Waals surface area contributed by atoms with Crippen LogP contribution >= 0.6 is 0 Å². The third-order valence-electron chi connectivity index (χ3n) is 4.41. The second-order valence-electron chi connectivity index (χ2n) is 5.82. The van der Waals surface area contributed by atoms with Crippen LogP contribution in [0.3, 0.4) is 0 Å². The molecule has 0 bridgehead atoms. The van der Waals surface area contributed by atoms with Gasteiger partial charge in [-0.3, -0.25) is 0 Å². The molecular weight excluding hydrogens is 248 g/mol. The van der Waals surface area contributed by atoms with E-state index in [0.717, 1.165) is 12.4 Å². The molecule has 1 N–H and O–H groups in total. The lowest BCUT2D eigenvalue weighted by molar-refractivity contribution is 0.0857. The molecule has 0 amide bonds. The van der Waals surface area contributed by atoms with Crippen molar-refractivity contribution in [2.45, 2.75) is 65.0 Å². The van der Waals surface area contributed by atoms with E-state index in [-0.39, 0.29) is 0 Å². The van der Waals surface area contributed by atoms with Crippen molar-refractivity contribution in [3.8, 4) is 5.88 Å². The van der Waals surface area contributed by atoms with Crippen LogP contribution in [0.4, 0.5) is 0 Å². The van der Waals surface area contributed by atoms with Crippen molar-refractivity contribution in [1.82, 2.24) is 10.3 Å². The number of pyridine rings is 1. The summed E-state index contributed by atoms with van der Waals surface area (Å²) in [6.07, 6.45) is 8.53. The molecule has 1 aliphatic carbocycles. The fourth-order valence-electron chi connectivity index (χ4n) is 3.13. The van der Waals surface area contributed by atoms with E-state index in [1.807, 2.05) is 6.20 Å². The highest BCUT2D eigenvalue weighted by molar-refractivity contribution is 5.23. The van der Waals surface area contributed by atoms with Gasteiger partial charge in [0.15, 0.2) is 0 Å². The Morgan fingerprint density at radius 2 is 2.15 bits per heavy atom. The van der Waals surface area contributed by atoms with Crippen LogP contribution in [0.25, 0.3) is 0 Å². The first-order valence-electron chi connectivity index (χ1n) is 8.10. The Morgan fingerprint density at radius 1 is 1.35 bits per heavy atom. The number of hydrogen-bond acceptors (Lipinski definition) is 3. The molecule has 1 aromatic rings. The Labute approximate surface area is 123 Å². The van der Waals surface area contributed by atoms with Gasteiger partial charge in [-0.15, -0.1) is 0 Å². The summed E-state index contributed by atoms with van der Waals surface area (Å²) < 4.78 is 6.19. The van der Waals surface area contributed by atoms with Gasteiger partial charge in [-0.05, 0) is 56.7 Å². The van der Waals surface area contributed by atoms with E-state index >= 15 is 0 Å². The van der Waals surface area contributed by atoms with Crippen molar-refractivity contribution in [1.29, 1.82) is 0 Å². The summed E-state index contributed by atoms with van der Waals surface area (Å²) in [6, 6.07) is 4.51. The van der Waals surface area contributed by atoms with E-state index in [4.69, 9.17) is 4.74 Å². The minimum atomic E-state index is 0.346. The summed E-state index contributed by atoms with van der Waals surface area (Å²) in [6.45, 7) is 7.55. The minimum absolute atomic E-state index is 0.346. The molecule has 1 fully saturated rings. The van der Waals surface area contributed by atoms with Gasteiger partial charge >= 0.3 is 0 Å². The SMILES string of the molecule is CCNC(C)c1ccnc(OC2CCCCC2CC)c1. The van der Waals surface area contributed by atoms with Crippen LogP contribution in [0.1, 0.15) is 64.5 Å². The molecule has 3 heteroatoms. The highest BCUT2D eigenvalue weighted by atomic mass is 16.5. The first-order valence-corrected chi connectivity index (χ1v) is 8.10. The van der Waals surface area contributed by atoms with Gasteiger partial charge in [0.1, 0.15) is 6.10 Å². The van der Waals surface area contributed by atoms with Gasteiger partial charge in [0.25, 0.3) is 0 Å². The van der Waals surface area contributed by atoms with Crippen LogP contribution in [0.2, 0.25) is 0 Å². The smallest absolute Gasteiger partial charge is 0.213 e. The number of hydrogen-bond donors (Lipinski definition) is 1. The molecule has 0 aliphatic heterocycles. The monoisotopic (exact) mass is 276 g/mol. The Morgan fingerprint density at radius 3 is 2.90 bits per heavy atom. The van der Waals surface area contributed by atoms with Crippen molar-refractivity contribution < 1.29 is 4.74 Å². The molecule has 0 spiro atoms. The maximum atomic E-state index is 6.19. The maximum absolute atomic E-state index is 6.19. The Kier molecular flexibility index (Phi) is 5.84. The first kappa shape index (κ1) is 15.3. The van der Waals surface area contributed by atoms with E-state index in [9.17, 15) is 0 Å². The highest BCUT2D eigenvalue weighted by Gasteiger charge is 2.25. The molecule has 1 aliphatic rings.